The topological polar surface area (TPSA) is 96.4 Å². The SMILES string of the molecule is CC[C@H](C)[C@H](CO)N1C(=O)[C@@H]2[C@@H]3C(=O)OCCC/C=C\[C@@H]3O[C@@]23C=CCN(C2CCCCC2)C(=O)C13. The number of amides is 2. The van der Waals surface area contributed by atoms with E-state index in [0.717, 1.165) is 44.9 Å². The van der Waals surface area contributed by atoms with Crippen molar-refractivity contribution in [2.24, 2.45) is 17.8 Å². The first-order valence-corrected chi connectivity index (χ1v) is 13.9. The number of allylic oxidation sites excluding steroid dienone is 1. The lowest BCUT2D eigenvalue weighted by atomic mass is 9.78. The smallest absolute Gasteiger partial charge is 0.312 e. The van der Waals surface area contributed by atoms with Crippen molar-refractivity contribution in [1.82, 2.24) is 9.80 Å². The van der Waals surface area contributed by atoms with Crippen LogP contribution >= 0.6 is 0 Å². The zero-order chi connectivity index (χ0) is 25.4. The highest BCUT2D eigenvalue weighted by Gasteiger charge is 2.72. The third-order valence-electron chi connectivity index (χ3n) is 9.18. The van der Waals surface area contributed by atoms with Crippen molar-refractivity contribution in [3.05, 3.63) is 24.3 Å². The third-order valence-corrected chi connectivity index (χ3v) is 9.18. The van der Waals surface area contributed by atoms with Gasteiger partial charge in [-0.2, -0.15) is 0 Å². The highest BCUT2D eigenvalue weighted by atomic mass is 16.6. The minimum absolute atomic E-state index is 0.0267. The lowest BCUT2D eigenvalue weighted by Crippen LogP contribution is -2.60. The van der Waals surface area contributed by atoms with E-state index < -0.39 is 41.6 Å². The summed E-state index contributed by atoms with van der Waals surface area (Å²) in [5.41, 5.74) is -1.27. The van der Waals surface area contributed by atoms with E-state index in [-0.39, 0.29) is 30.4 Å². The van der Waals surface area contributed by atoms with Crippen LogP contribution in [0.3, 0.4) is 0 Å². The number of cyclic esters (lactones) is 1. The Morgan fingerprint density at radius 2 is 1.89 bits per heavy atom. The first-order valence-electron chi connectivity index (χ1n) is 13.9. The molecule has 2 saturated heterocycles. The van der Waals surface area contributed by atoms with Crippen LogP contribution in [0.15, 0.2) is 24.3 Å². The summed E-state index contributed by atoms with van der Waals surface area (Å²) in [4.78, 5) is 45.5. The molecule has 4 aliphatic heterocycles. The minimum Gasteiger partial charge on any atom is -0.465 e. The Labute approximate surface area is 213 Å². The molecule has 0 aromatic carbocycles. The van der Waals surface area contributed by atoms with Crippen LogP contribution in [0.1, 0.15) is 65.2 Å². The molecule has 1 aliphatic carbocycles. The lowest BCUT2D eigenvalue weighted by Gasteiger charge is -2.42. The van der Waals surface area contributed by atoms with Gasteiger partial charge in [-0.1, -0.05) is 63.8 Å². The fraction of sp³-hybridized carbons (Fsp3) is 0.750. The molecular weight excluding hydrogens is 460 g/mol. The predicted octanol–water partition coefficient (Wildman–Crippen LogP) is 2.60. The van der Waals surface area contributed by atoms with E-state index >= 15 is 0 Å². The molecule has 5 rings (SSSR count). The average molecular weight is 501 g/mol. The van der Waals surface area contributed by atoms with Crippen molar-refractivity contribution in [1.29, 1.82) is 0 Å². The number of ether oxygens (including phenoxy) is 2. The molecule has 5 aliphatic rings. The monoisotopic (exact) mass is 500 g/mol. The Morgan fingerprint density at radius 1 is 1.11 bits per heavy atom. The molecule has 0 bridgehead atoms. The van der Waals surface area contributed by atoms with Crippen molar-refractivity contribution in [3.63, 3.8) is 0 Å². The highest BCUT2D eigenvalue weighted by Crippen LogP contribution is 2.54. The van der Waals surface area contributed by atoms with Crippen LogP contribution in [-0.4, -0.2) is 82.3 Å². The molecule has 8 nitrogen and oxygen atoms in total. The Kier molecular flexibility index (Phi) is 7.27. The first-order chi connectivity index (χ1) is 17.4. The van der Waals surface area contributed by atoms with Gasteiger partial charge in [0.05, 0.1) is 31.3 Å². The fourth-order valence-corrected chi connectivity index (χ4v) is 7.10. The predicted molar refractivity (Wildman–Crippen MR) is 133 cm³/mol. The van der Waals surface area contributed by atoms with Gasteiger partial charge in [0.1, 0.15) is 17.6 Å². The molecule has 2 amide bonds. The normalized spacial score (nSPS) is 37.7. The van der Waals surface area contributed by atoms with Crippen molar-refractivity contribution >= 4 is 17.8 Å². The summed E-state index contributed by atoms with van der Waals surface area (Å²) in [7, 11) is 0. The van der Waals surface area contributed by atoms with Gasteiger partial charge in [0.2, 0.25) is 11.8 Å². The Balaban J connectivity index is 1.62. The Hall–Kier alpha value is -2.19. The summed E-state index contributed by atoms with van der Waals surface area (Å²) >= 11 is 0. The maximum atomic E-state index is 14.4. The number of esters is 1. The van der Waals surface area contributed by atoms with E-state index in [4.69, 9.17) is 9.47 Å². The number of aliphatic hydroxyl groups excluding tert-OH is 1. The van der Waals surface area contributed by atoms with Gasteiger partial charge in [-0.3, -0.25) is 14.4 Å². The van der Waals surface area contributed by atoms with E-state index in [0.29, 0.717) is 13.2 Å². The molecule has 36 heavy (non-hydrogen) atoms. The molecule has 1 saturated carbocycles. The van der Waals surface area contributed by atoms with E-state index in [1.807, 2.05) is 43.1 Å². The lowest BCUT2D eigenvalue weighted by molar-refractivity contribution is -0.157. The zero-order valence-corrected chi connectivity index (χ0v) is 21.5. The number of aliphatic hydroxyl groups is 1. The quantitative estimate of drug-likeness (QED) is 0.461. The average Bonchev–Trinajstić information content (AvgIpc) is 3.30. The molecule has 1 spiro atoms. The molecule has 8 heteroatoms. The number of rotatable bonds is 5. The Bertz CT molecular complexity index is 927. The minimum atomic E-state index is -1.27. The molecule has 1 unspecified atom stereocenters. The Morgan fingerprint density at radius 3 is 2.61 bits per heavy atom. The van der Waals surface area contributed by atoms with Crippen molar-refractivity contribution in [2.45, 2.75) is 95.0 Å². The zero-order valence-electron chi connectivity index (χ0n) is 21.5. The molecule has 198 valence electrons. The van der Waals surface area contributed by atoms with Gasteiger partial charge in [-0.25, -0.2) is 0 Å². The molecule has 3 fully saturated rings. The second-order valence-electron chi connectivity index (χ2n) is 11.1. The van der Waals surface area contributed by atoms with Gasteiger partial charge in [0.25, 0.3) is 0 Å². The number of likely N-dealkylation sites (tertiary alicyclic amines) is 1. The fourth-order valence-electron chi connectivity index (χ4n) is 7.10. The van der Waals surface area contributed by atoms with E-state index in [2.05, 4.69) is 0 Å². The van der Waals surface area contributed by atoms with Crippen LogP contribution in [0.25, 0.3) is 0 Å². The van der Waals surface area contributed by atoms with Gasteiger partial charge >= 0.3 is 5.97 Å². The number of hydrogen-bond acceptors (Lipinski definition) is 6. The van der Waals surface area contributed by atoms with Gasteiger partial charge in [0, 0.05) is 12.6 Å². The van der Waals surface area contributed by atoms with Crippen LogP contribution in [0.5, 0.6) is 0 Å². The summed E-state index contributed by atoms with van der Waals surface area (Å²) in [5, 5.41) is 10.5. The third kappa shape index (κ3) is 4.01. The summed E-state index contributed by atoms with van der Waals surface area (Å²) < 4.78 is 12.2. The van der Waals surface area contributed by atoms with Gasteiger partial charge < -0.3 is 24.4 Å². The first kappa shape index (κ1) is 25.5. The molecule has 0 aromatic heterocycles. The summed E-state index contributed by atoms with van der Waals surface area (Å²) in [6.45, 7) is 4.51. The number of nitrogens with zero attached hydrogens (tertiary/aromatic N) is 2. The second-order valence-corrected chi connectivity index (χ2v) is 11.1. The van der Waals surface area contributed by atoms with Crippen molar-refractivity contribution < 1.29 is 29.0 Å². The summed E-state index contributed by atoms with van der Waals surface area (Å²) in [5.74, 6) is -2.59. The van der Waals surface area contributed by atoms with Crippen LogP contribution in [-0.2, 0) is 23.9 Å². The maximum absolute atomic E-state index is 14.4. The molecular formula is C28H40N2O6. The number of fused-ring (bicyclic) bond motifs is 2. The van der Waals surface area contributed by atoms with E-state index in [1.165, 1.54) is 6.42 Å². The van der Waals surface area contributed by atoms with E-state index in [1.54, 1.807) is 4.90 Å². The van der Waals surface area contributed by atoms with Crippen LogP contribution in [0.4, 0.5) is 0 Å². The van der Waals surface area contributed by atoms with Crippen molar-refractivity contribution in [3.8, 4) is 0 Å². The van der Waals surface area contributed by atoms with Gasteiger partial charge in [-0.05, 0) is 31.6 Å². The molecule has 0 aromatic rings. The molecule has 4 heterocycles. The summed E-state index contributed by atoms with van der Waals surface area (Å²) in [6.07, 6.45) is 14.5. The largest absolute Gasteiger partial charge is 0.465 e. The van der Waals surface area contributed by atoms with Gasteiger partial charge in [0.15, 0.2) is 0 Å². The molecule has 1 N–H and O–H groups in total. The second kappa shape index (κ2) is 10.3. The standard InChI is InChI=1S/C28H40N2O6/c1-3-18(2)20(17-31)30-24-26(33)29(19-11-6-4-7-12-19)15-10-14-28(24)23(25(30)32)22-21(36-28)13-8-5-9-16-35-27(22)34/h8,10,13-14,18-24,31H,3-7,9,11-12,15-17H2,1-2H3/b13-8-/t18-,20-,21-,22+,23-,24?,28-/m0/s1. The van der Waals surface area contributed by atoms with Crippen LogP contribution in [0, 0.1) is 17.8 Å². The number of hydrogen-bond donors (Lipinski definition) is 1. The van der Waals surface area contributed by atoms with Crippen LogP contribution in [0.2, 0.25) is 0 Å². The van der Waals surface area contributed by atoms with Crippen LogP contribution < -0.4 is 0 Å². The number of carbonyl (C=O) groups excluding carboxylic acids is 3. The highest BCUT2D eigenvalue weighted by molar-refractivity contribution is 5.99. The summed E-state index contributed by atoms with van der Waals surface area (Å²) in [6, 6.07) is -1.33. The van der Waals surface area contributed by atoms with Crippen molar-refractivity contribution in [2.75, 3.05) is 19.8 Å². The van der Waals surface area contributed by atoms with Gasteiger partial charge in [-0.15, -0.1) is 0 Å². The maximum Gasteiger partial charge on any atom is 0.312 e. The molecule has 0 radical (unpaired) electrons. The molecule has 7 atom stereocenters. The van der Waals surface area contributed by atoms with E-state index in [9.17, 15) is 19.5 Å². The number of carbonyl (C=O) groups is 3.